The van der Waals surface area contributed by atoms with Gasteiger partial charge in [-0.15, -0.1) is 0 Å². The minimum Gasteiger partial charge on any atom is -0.550 e. The van der Waals surface area contributed by atoms with Gasteiger partial charge in [-0.1, -0.05) is 0 Å². The number of aliphatic carboxylic acids is 5. The van der Waals surface area contributed by atoms with Crippen LogP contribution in [0.25, 0.3) is 0 Å². The molecule has 0 saturated carbocycles. The third kappa shape index (κ3) is 24.2. The summed E-state index contributed by atoms with van der Waals surface area (Å²) in [6, 6.07) is 0. The normalized spacial score (nSPS) is 9.56. The van der Waals surface area contributed by atoms with Crippen molar-refractivity contribution in [3.8, 4) is 0 Å². The Kier molecular flexibility index (Phi) is 16.9. The van der Waals surface area contributed by atoms with Crippen LogP contribution in [0.1, 0.15) is 6.92 Å². The minimum atomic E-state index is -1.51. The molecule has 0 amide bonds. The van der Waals surface area contributed by atoms with Crippen molar-refractivity contribution in [2.75, 3.05) is 39.3 Å². The van der Waals surface area contributed by atoms with Gasteiger partial charge in [-0.25, -0.2) is 0 Å². The van der Waals surface area contributed by atoms with Crippen LogP contribution in [0.15, 0.2) is 0 Å². The molecule has 12 nitrogen and oxygen atoms in total. The Bertz CT molecular complexity index is 399. The Morgan fingerprint density at radius 1 is 0.720 bits per heavy atom. The molecule has 0 spiro atoms. The van der Waals surface area contributed by atoms with Crippen molar-refractivity contribution >= 4 is 29.8 Å². The summed E-state index contributed by atoms with van der Waals surface area (Å²) in [6.07, 6.45) is 0. The first kappa shape index (κ1) is 27.6. The number of hydrogen-bond acceptors (Lipinski definition) is 10. The Morgan fingerprint density at radius 2 is 0.960 bits per heavy atom. The van der Waals surface area contributed by atoms with E-state index in [9.17, 15) is 29.4 Å². The molecule has 0 saturated heterocycles. The first-order valence-electron chi connectivity index (χ1n) is 6.39. The number of rotatable bonds is 11. The summed E-state index contributed by atoms with van der Waals surface area (Å²) in [5.74, 6) is -6.60. The van der Waals surface area contributed by atoms with Gasteiger partial charge in [-0.2, -0.15) is 0 Å². The standard InChI is InChI=1S/C10H16N2O8.C2H4O2.Fe/c13-7(14)3-11(4-8(15)16)1-2-12(5-9(17)18)6-10(19)20;1-2(3)4;/h1-6H2,(H,13,14)(H,15,16)(H,17,18)(H,19,20);1H3,(H,3,4);/q;;+3/p-3. The molecule has 2 N–H and O–H groups in total. The van der Waals surface area contributed by atoms with Crippen LogP contribution in [0.3, 0.4) is 0 Å². The van der Waals surface area contributed by atoms with Gasteiger partial charge >= 0.3 is 29.0 Å². The molecule has 0 aromatic heterocycles. The molecule has 143 valence electrons. The van der Waals surface area contributed by atoms with Gasteiger partial charge in [0, 0.05) is 32.1 Å². The van der Waals surface area contributed by atoms with Crippen LogP contribution in [0.5, 0.6) is 0 Å². The van der Waals surface area contributed by atoms with Gasteiger partial charge in [0.05, 0.1) is 25.0 Å². The van der Waals surface area contributed by atoms with Gasteiger partial charge in [0.15, 0.2) is 0 Å². The maximum Gasteiger partial charge on any atom is 3.00 e. The van der Waals surface area contributed by atoms with Crippen molar-refractivity contribution in [1.29, 1.82) is 0 Å². The van der Waals surface area contributed by atoms with Crippen molar-refractivity contribution in [1.82, 2.24) is 9.80 Å². The molecular weight excluding hydrogens is 388 g/mol. The van der Waals surface area contributed by atoms with Gasteiger partial charge in [0.1, 0.15) is 0 Å². The van der Waals surface area contributed by atoms with Crippen LogP contribution >= 0.6 is 0 Å². The zero-order chi connectivity index (χ0) is 19.3. The summed E-state index contributed by atoms with van der Waals surface area (Å²) >= 11 is 0. The average molecular weight is 405 g/mol. The van der Waals surface area contributed by atoms with Crippen molar-refractivity contribution in [3.63, 3.8) is 0 Å². The summed E-state index contributed by atoms with van der Waals surface area (Å²) < 4.78 is 0. The second-order valence-corrected chi connectivity index (χ2v) is 4.44. The van der Waals surface area contributed by atoms with E-state index in [1.165, 1.54) is 0 Å². The molecule has 0 unspecified atom stereocenters. The smallest absolute Gasteiger partial charge is 0.550 e. The summed E-state index contributed by atoms with van der Waals surface area (Å²) in [4.78, 5) is 52.8. The minimum absolute atomic E-state index is 0. The maximum absolute atomic E-state index is 10.5. The Labute approximate surface area is 153 Å². The van der Waals surface area contributed by atoms with E-state index >= 15 is 0 Å². The van der Waals surface area contributed by atoms with Gasteiger partial charge in [-0.05, 0) is 6.92 Å². The quantitative estimate of drug-likeness (QED) is 0.309. The monoisotopic (exact) mass is 405 g/mol. The fraction of sp³-hybridized carbons (Fsp3) is 0.583. The molecule has 25 heavy (non-hydrogen) atoms. The molecular formula is C12H17FeN2O10. The SMILES string of the molecule is CC(=O)[O-].O=C([O-])CN(CCN(CC(=O)O)CC(=O)O)CC(=O)[O-].[Fe+3]. The predicted molar refractivity (Wildman–Crippen MR) is 68.8 cm³/mol. The van der Waals surface area contributed by atoms with E-state index < -0.39 is 56.0 Å². The van der Waals surface area contributed by atoms with Crippen LogP contribution in [0.4, 0.5) is 0 Å². The maximum atomic E-state index is 10.5. The fourth-order valence-electron chi connectivity index (χ4n) is 1.46. The number of carbonyl (C=O) groups excluding carboxylic acids is 3. The van der Waals surface area contributed by atoms with E-state index in [0.29, 0.717) is 0 Å². The third-order valence-corrected chi connectivity index (χ3v) is 2.16. The van der Waals surface area contributed by atoms with E-state index in [1.54, 1.807) is 0 Å². The molecule has 0 aromatic carbocycles. The van der Waals surface area contributed by atoms with E-state index in [-0.39, 0.29) is 30.2 Å². The molecule has 0 aliphatic heterocycles. The summed E-state index contributed by atoms with van der Waals surface area (Å²) in [5.41, 5.74) is 0. The molecule has 0 aromatic rings. The van der Waals surface area contributed by atoms with Crippen LogP contribution in [0, 0.1) is 0 Å². The molecule has 0 aliphatic carbocycles. The Balaban J connectivity index is -0.000000867. The van der Waals surface area contributed by atoms with E-state index in [1.807, 2.05) is 0 Å². The Morgan fingerprint density at radius 3 is 1.16 bits per heavy atom. The van der Waals surface area contributed by atoms with Crippen LogP contribution in [-0.4, -0.2) is 89.1 Å². The van der Waals surface area contributed by atoms with Crippen LogP contribution < -0.4 is 15.3 Å². The first-order valence-corrected chi connectivity index (χ1v) is 6.39. The Hall–Kier alpha value is -2.21. The molecule has 1 radical (unpaired) electrons. The zero-order valence-corrected chi connectivity index (χ0v) is 14.3. The van der Waals surface area contributed by atoms with Gasteiger partial charge in [-0.3, -0.25) is 19.4 Å². The second kappa shape index (κ2) is 15.3. The van der Waals surface area contributed by atoms with Crippen molar-refractivity contribution < 1.29 is 66.6 Å². The van der Waals surface area contributed by atoms with Crippen molar-refractivity contribution in [2.24, 2.45) is 0 Å². The molecule has 0 rings (SSSR count). The molecule has 0 heterocycles. The number of carboxylic acids is 5. The molecule has 0 bridgehead atoms. The molecule has 0 fully saturated rings. The van der Waals surface area contributed by atoms with Gasteiger partial charge in [0.2, 0.25) is 0 Å². The molecule has 13 heteroatoms. The first-order chi connectivity index (χ1) is 10.9. The number of carbonyl (C=O) groups is 5. The zero-order valence-electron chi connectivity index (χ0n) is 13.2. The van der Waals surface area contributed by atoms with E-state index in [0.717, 1.165) is 16.7 Å². The van der Waals surface area contributed by atoms with Gasteiger partial charge in [0.25, 0.3) is 0 Å². The number of nitrogens with zero attached hydrogens (tertiary/aromatic N) is 2. The predicted octanol–water partition coefficient (Wildman–Crippen LogP) is -5.99. The number of hydrogen-bond donors (Lipinski definition) is 2. The molecule has 0 atom stereocenters. The summed E-state index contributed by atoms with van der Waals surface area (Å²) in [6.45, 7) is -1.78. The fourth-order valence-corrected chi connectivity index (χ4v) is 1.46. The van der Waals surface area contributed by atoms with Gasteiger partial charge < -0.3 is 39.9 Å². The summed E-state index contributed by atoms with van der Waals surface area (Å²) in [5, 5.41) is 46.9. The van der Waals surface area contributed by atoms with Crippen LogP contribution in [0.2, 0.25) is 0 Å². The molecule has 0 aliphatic rings. The third-order valence-electron chi connectivity index (χ3n) is 2.16. The topological polar surface area (TPSA) is 201 Å². The van der Waals surface area contributed by atoms with Crippen LogP contribution in [-0.2, 0) is 41.0 Å². The van der Waals surface area contributed by atoms with E-state index in [2.05, 4.69) is 0 Å². The van der Waals surface area contributed by atoms with Crippen molar-refractivity contribution in [3.05, 3.63) is 0 Å². The second-order valence-electron chi connectivity index (χ2n) is 4.44. The summed E-state index contributed by atoms with van der Waals surface area (Å²) in [7, 11) is 0. The largest absolute Gasteiger partial charge is 3.00 e. The average Bonchev–Trinajstić information content (AvgIpc) is 2.32. The van der Waals surface area contributed by atoms with Crippen molar-refractivity contribution in [2.45, 2.75) is 6.92 Å². The number of carboxylic acid groups (broad SMARTS) is 5. The van der Waals surface area contributed by atoms with E-state index in [4.69, 9.17) is 20.1 Å².